The van der Waals surface area contributed by atoms with E-state index in [4.69, 9.17) is 15.2 Å². The fourth-order valence-electron chi connectivity index (χ4n) is 7.61. The normalized spacial score (nSPS) is 14.0. The van der Waals surface area contributed by atoms with Gasteiger partial charge in [0, 0.05) is 12.3 Å². The maximum atomic E-state index is 14.5. The molecule has 3 aromatic carbocycles. The maximum absolute atomic E-state index is 14.5. The molecule has 0 saturated carbocycles. The van der Waals surface area contributed by atoms with Crippen LogP contribution in [-0.2, 0) is 43.0 Å². The van der Waals surface area contributed by atoms with Crippen LogP contribution in [0.4, 0.5) is 4.79 Å². The summed E-state index contributed by atoms with van der Waals surface area (Å²) in [6, 6.07) is 23.3. The van der Waals surface area contributed by atoms with Crippen LogP contribution in [0.5, 0.6) is 0 Å². The first kappa shape index (κ1) is 60.3. The Bertz CT molecular complexity index is 2110. The van der Waals surface area contributed by atoms with E-state index in [-0.39, 0.29) is 50.0 Å². The number of nitrogens with two attached hydrogens (primary N) is 1. The Balaban J connectivity index is 1.93. The van der Waals surface area contributed by atoms with Crippen molar-refractivity contribution >= 4 is 53.4 Å². The van der Waals surface area contributed by atoms with Crippen LogP contribution >= 0.6 is 11.8 Å². The molecule has 0 saturated heterocycles. The number of thioether (sulfide) groups is 1. The Kier molecular flexibility index (Phi) is 24.2. The van der Waals surface area contributed by atoms with Gasteiger partial charge in [-0.25, -0.2) is 4.79 Å². The third-order valence-electron chi connectivity index (χ3n) is 11.0. The molecule has 72 heavy (non-hydrogen) atoms. The molecule has 5 atom stereocenters. The summed E-state index contributed by atoms with van der Waals surface area (Å²) in [6.45, 7) is 17.6. The summed E-state index contributed by atoms with van der Waals surface area (Å²) in [5.41, 5.74) is 7.63. The molecule has 6 amide bonds. The molecule has 18 heteroatoms. The van der Waals surface area contributed by atoms with Crippen LogP contribution in [0.1, 0.15) is 118 Å². The van der Waals surface area contributed by atoms with Gasteiger partial charge in [-0.05, 0) is 102 Å². The van der Waals surface area contributed by atoms with E-state index in [1.54, 1.807) is 20.8 Å². The van der Waals surface area contributed by atoms with E-state index >= 15 is 0 Å². The van der Waals surface area contributed by atoms with Gasteiger partial charge in [0.2, 0.25) is 29.5 Å². The molecular formula is C54H79N7O10S. The minimum Gasteiger partial charge on any atom is -0.480 e. The number of hydrogen-bond donors (Lipinski definition) is 8. The molecule has 0 aromatic heterocycles. The molecule has 0 aliphatic heterocycles. The number of amides is 6. The molecule has 0 radical (unpaired) electrons. The molecule has 3 aromatic rings. The summed E-state index contributed by atoms with van der Waals surface area (Å²) in [7, 11) is 0. The summed E-state index contributed by atoms with van der Waals surface area (Å²) in [5, 5.41) is 25.9. The highest BCUT2D eigenvalue weighted by Crippen LogP contribution is 2.48. The first-order valence-corrected chi connectivity index (χ1v) is 25.7. The number of carbonyl (C=O) groups excluding carboxylic acids is 6. The van der Waals surface area contributed by atoms with Crippen molar-refractivity contribution in [1.82, 2.24) is 31.9 Å². The van der Waals surface area contributed by atoms with Crippen molar-refractivity contribution in [3.8, 4) is 0 Å². The lowest BCUT2D eigenvalue weighted by Gasteiger charge is -2.36. The lowest BCUT2D eigenvalue weighted by Crippen LogP contribution is -2.59. The topological polar surface area (TPSA) is 256 Å². The summed E-state index contributed by atoms with van der Waals surface area (Å²) in [6.07, 6.45) is 0.641. The van der Waals surface area contributed by atoms with Crippen LogP contribution in [0.25, 0.3) is 0 Å². The van der Waals surface area contributed by atoms with Gasteiger partial charge in [0.05, 0.1) is 17.0 Å². The lowest BCUT2D eigenvalue weighted by atomic mass is 9.84. The number of benzene rings is 3. The minimum atomic E-state index is -1.28. The summed E-state index contributed by atoms with van der Waals surface area (Å²) in [5.74, 6) is -4.95. The summed E-state index contributed by atoms with van der Waals surface area (Å²) < 4.78 is 10.1. The van der Waals surface area contributed by atoms with E-state index in [9.17, 15) is 38.7 Å². The second-order valence-electron chi connectivity index (χ2n) is 20.7. The number of nitrogens with one attached hydrogen (secondary N) is 6. The van der Waals surface area contributed by atoms with Crippen molar-refractivity contribution in [2.45, 2.75) is 147 Å². The monoisotopic (exact) mass is 1020 g/mol. The zero-order valence-electron chi connectivity index (χ0n) is 43.7. The zero-order chi connectivity index (χ0) is 53.6. The van der Waals surface area contributed by atoms with Crippen LogP contribution < -0.4 is 37.6 Å². The van der Waals surface area contributed by atoms with Gasteiger partial charge < -0.3 is 52.2 Å². The SMILES string of the molecule is CC(C)C[C@H](NC(=O)[C@H](CC(C)C)NC(=O)[C@H](CCCCNC(=O)OC(C)(C)C)NC(=O)[C@@H](N)COC(C)(C)C)C(=O)N[C@@H](CSC(c1ccccc1)(c1ccccc1)c1ccccc1)C(=O)NCC(=O)O. The number of hydrogen-bond acceptors (Lipinski definition) is 11. The predicted molar refractivity (Wildman–Crippen MR) is 281 cm³/mol. The highest BCUT2D eigenvalue weighted by Gasteiger charge is 2.40. The van der Waals surface area contributed by atoms with Gasteiger partial charge in [-0.2, -0.15) is 0 Å². The van der Waals surface area contributed by atoms with Gasteiger partial charge in [-0.15, -0.1) is 11.8 Å². The molecule has 396 valence electrons. The van der Waals surface area contributed by atoms with Gasteiger partial charge in [0.25, 0.3) is 0 Å². The number of rotatable bonds is 28. The van der Waals surface area contributed by atoms with E-state index in [1.807, 2.05) is 139 Å². The van der Waals surface area contributed by atoms with E-state index in [0.717, 1.165) is 16.7 Å². The number of alkyl carbamates (subject to hydrolysis) is 1. The molecular weight excluding hydrogens is 939 g/mol. The molecule has 0 spiro atoms. The van der Waals surface area contributed by atoms with Crippen molar-refractivity contribution in [2.75, 3.05) is 25.4 Å². The standard InChI is InChI=1S/C54H79N7O10S/c1-35(2)30-42(59-48(66)41(58-46(64)40(55)33-70-52(5,6)7)28-20-21-29-56-51(69)71-53(8,9)10)49(67)60-43(31-36(3)4)50(68)61-44(47(65)57-32-45(62)63)34-72-54(37-22-14-11-15-23-37,38-24-16-12-17-25-38)39-26-18-13-19-27-39/h11-19,22-27,35-36,40-44H,20-21,28-34,55H2,1-10H3,(H,56,69)(H,57,65)(H,58,64)(H,59,66)(H,60,67)(H,61,68)(H,62,63)/t40-,41-,42-,43-,44-/m0/s1. The third-order valence-corrected chi connectivity index (χ3v) is 12.6. The fraction of sp³-hybridized carbons (Fsp3) is 0.537. The second-order valence-corrected chi connectivity index (χ2v) is 21.9. The van der Waals surface area contributed by atoms with Crippen molar-refractivity contribution in [3.63, 3.8) is 0 Å². The molecule has 17 nitrogen and oxygen atoms in total. The Labute approximate surface area is 430 Å². The van der Waals surface area contributed by atoms with Crippen molar-refractivity contribution < 1.29 is 48.1 Å². The Morgan fingerprint density at radius 2 is 1.00 bits per heavy atom. The zero-order valence-corrected chi connectivity index (χ0v) is 44.5. The number of unbranched alkanes of at least 4 members (excludes halogenated alkanes) is 1. The van der Waals surface area contributed by atoms with Crippen molar-refractivity contribution in [3.05, 3.63) is 108 Å². The number of carboxylic acids is 1. The molecule has 0 heterocycles. The lowest BCUT2D eigenvalue weighted by molar-refractivity contribution is -0.138. The highest BCUT2D eigenvalue weighted by molar-refractivity contribution is 8.00. The molecule has 0 bridgehead atoms. The molecule has 0 fully saturated rings. The third kappa shape index (κ3) is 21.0. The Hall–Kier alpha value is -5.98. The number of carboxylic acid groups (broad SMARTS) is 1. The summed E-state index contributed by atoms with van der Waals surface area (Å²) >= 11 is 1.40. The molecule has 0 unspecified atom stereocenters. The molecule has 9 N–H and O–H groups in total. The second kappa shape index (κ2) is 28.9. The number of carbonyl (C=O) groups is 7. The van der Waals surface area contributed by atoms with Gasteiger partial charge in [0.15, 0.2) is 0 Å². The van der Waals surface area contributed by atoms with Gasteiger partial charge in [-0.1, -0.05) is 119 Å². The molecule has 0 aliphatic carbocycles. The van der Waals surface area contributed by atoms with Crippen molar-refractivity contribution in [2.24, 2.45) is 17.6 Å². The van der Waals surface area contributed by atoms with Gasteiger partial charge in [0.1, 0.15) is 42.4 Å². The largest absolute Gasteiger partial charge is 0.480 e. The van der Waals surface area contributed by atoms with Crippen LogP contribution in [0.2, 0.25) is 0 Å². The molecule has 3 rings (SSSR count). The first-order valence-electron chi connectivity index (χ1n) is 24.7. The first-order chi connectivity index (χ1) is 33.8. The highest BCUT2D eigenvalue weighted by atomic mass is 32.2. The van der Waals surface area contributed by atoms with Crippen LogP contribution in [0.3, 0.4) is 0 Å². The van der Waals surface area contributed by atoms with E-state index < -0.39 is 94.3 Å². The molecule has 0 aliphatic rings. The van der Waals surface area contributed by atoms with Crippen LogP contribution in [0.15, 0.2) is 91.0 Å². The van der Waals surface area contributed by atoms with Crippen LogP contribution in [0, 0.1) is 11.8 Å². The quantitative estimate of drug-likeness (QED) is 0.0318. The van der Waals surface area contributed by atoms with Gasteiger partial charge in [-0.3, -0.25) is 28.8 Å². The Morgan fingerprint density at radius 1 is 0.569 bits per heavy atom. The predicted octanol–water partition coefficient (Wildman–Crippen LogP) is 5.78. The number of ether oxygens (including phenoxy) is 2. The fourth-order valence-corrected chi connectivity index (χ4v) is 9.17. The smallest absolute Gasteiger partial charge is 0.407 e. The number of aliphatic carboxylic acids is 1. The van der Waals surface area contributed by atoms with Crippen LogP contribution in [-0.4, -0.2) is 114 Å². The van der Waals surface area contributed by atoms with Gasteiger partial charge >= 0.3 is 12.1 Å². The average molecular weight is 1020 g/mol. The van der Waals surface area contributed by atoms with E-state index in [1.165, 1.54) is 11.8 Å². The maximum Gasteiger partial charge on any atom is 0.407 e. The van der Waals surface area contributed by atoms with E-state index in [2.05, 4.69) is 31.9 Å². The Morgan fingerprint density at radius 3 is 1.42 bits per heavy atom. The average Bonchev–Trinajstić information content (AvgIpc) is 3.31. The van der Waals surface area contributed by atoms with Crippen molar-refractivity contribution in [1.29, 1.82) is 0 Å². The minimum absolute atomic E-state index is 0.0274. The summed E-state index contributed by atoms with van der Waals surface area (Å²) in [4.78, 5) is 94.4. The van der Waals surface area contributed by atoms with E-state index in [0.29, 0.717) is 12.8 Å².